The number of hydrogen-bond acceptors (Lipinski definition) is 2. The average Bonchev–Trinajstić information content (AvgIpc) is 3.02. The van der Waals surface area contributed by atoms with E-state index in [1.165, 1.54) is 6.07 Å². The smallest absolute Gasteiger partial charge is 0.338 e. The van der Waals surface area contributed by atoms with Gasteiger partial charge in [-0.05, 0) is 56.2 Å². The number of carbonyl (C=O) groups excluding carboxylic acids is 1. The van der Waals surface area contributed by atoms with Gasteiger partial charge in [0.1, 0.15) is 5.82 Å². The summed E-state index contributed by atoms with van der Waals surface area (Å²) >= 11 is 5.98. The number of fused-ring (bicyclic) bond motifs is 1. The second-order valence-electron chi connectivity index (χ2n) is 7.26. The molecule has 1 aromatic heterocycles. The second kappa shape index (κ2) is 7.37. The predicted octanol–water partition coefficient (Wildman–Crippen LogP) is 5.49. The summed E-state index contributed by atoms with van der Waals surface area (Å²) in [6.07, 6.45) is -2.98. The fraction of sp³-hybridized carbons (Fsp3) is 0.333. The van der Waals surface area contributed by atoms with Gasteiger partial charge >= 0.3 is 6.18 Å². The summed E-state index contributed by atoms with van der Waals surface area (Å²) in [6, 6.07) is 10.6. The van der Waals surface area contributed by atoms with Gasteiger partial charge in [0.05, 0.1) is 16.6 Å². The average molecular weight is 422 g/mol. The third-order valence-corrected chi connectivity index (χ3v) is 5.62. The van der Waals surface area contributed by atoms with Crippen LogP contribution in [0.1, 0.15) is 40.6 Å². The molecule has 0 aliphatic carbocycles. The van der Waals surface area contributed by atoms with Crippen molar-refractivity contribution in [2.75, 3.05) is 13.1 Å². The van der Waals surface area contributed by atoms with Gasteiger partial charge in [-0.25, -0.2) is 4.98 Å². The Kier molecular flexibility index (Phi) is 5.02. The van der Waals surface area contributed by atoms with Crippen LogP contribution in [0.25, 0.3) is 11.0 Å². The molecule has 0 N–H and O–H groups in total. The molecular weight excluding hydrogens is 403 g/mol. The first-order valence-corrected chi connectivity index (χ1v) is 9.72. The molecule has 1 amide bonds. The summed E-state index contributed by atoms with van der Waals surface area (Å²) in [6.45, 7) is 2.93. The van der Waals surface area contributed by atoms with Crippen LogP contribution in [-0.4, -0.2) is 33.4 Å². The maximum atomic E-state index is 13.0. The first-order valence-electron chi connectivity index (χ1n) is 9.34. The van der Waals surface area contributed by atoms with Crippen LogP contribution in [0.15, 0.2) is 42.5 Å². The van der Waals surface area contributed by atoms with Crippen molar-refractivity contribution in [2.45, 2.75) is 32.0 Å². The Hall–Kier alpha value is -2.54. The van der Waals surface area contributed by atoms with Crippen molar-refractivity contribution >= 4 is 28.5 Å². The summed E-state index contributed by atoms with van der Waals surface area (Å²) in [5, 5.41) is 0.518. The van der Waals surface area contributed by atoms with Crippen molar-refractivity contribution in [3.63, 3.8) is 0 Å². The SMILES string of the molecule is Cc1nc2cc(C(F)(F)F)ccc2n1C1CCN(C(=O)c2cccc(Cl)c2)CC1. The van der Waals surface area contributed by atoms with E-state index in [4.69, 9.17) is 11.6 Å². The number of alkyl halides is 3. The van der Waals surface area contributed by atoms with Crippen molar-refractivity contribution in [1.29, 1.82) is 0 Å². The molecule has 8 heteroatoms. The van der Waals surface area contributed by atoms with E-state index in [-0.39, 0.29) is 11.9 Å². The molecule has 2 aromatic carbocycles. The predicted molar refractivity (Wildman–Crippen MR) is 105 cm³/mol. The van der Waals surface area contributed by atoms with Crippen LogP contribution in [0.2, 0.25) is 5.02 Å². The number of imidazole rings is 1. The maximum Gasteiger partial charge on any atom is 0.416 e. The lowest BCUT2D eigenvalue weighted by atomic mass is 10.0. The molecule has 29 heavy (non-hydrogen) atoms. The highest BCUT2D eigenvalue weighted by atomic mass is 35.5. The van der Waals surface area contributed by atoms with Gasteiger partial charge in [-0.3, -0.25) is 4.79 Å². The number of aryl methyl sites for hydroxylation is 1. The standard InChI is InChI=1S/C21H19ClF3N3O/c1-13-26-18-12-15(21(23,24)25)5-6-19(18)28(13)17-7-9-27(10-8-17)20(29)14-3-2-4-16(22)11-14/h2-6,11-12,17H,7-10H2,1H3. The van der Waals surface area contributed by atoms with E-state index < -0.39 is 11.7 Å². The van der Waals surface area contributed by atoms with Crippen LogP contribution < -0.4 is 0 Å². The largest absolute Gasteiger partial charge is 0.416 e. The highest BCUT2D eigenvalue weighted by Crippen LogP contribution is 2.34. The molecule has 0 saturated carbocycles. The van der Waals surface area contributed by atoms with E-state index >= 15 is 0 Å². The first-order chi connectivity index (χ1) is 13.7. The van der Waals surface area contributed by atoms with Crippen molar-refractivity contribution < 1.29 is 18.0 Å². The Morgan fingerprint density at radius 2 is 1.86 bits per heavy atom. The first kappa shape index (κ1) is 19.8. The molecule has 0 spiro atoms. The molecule has 4 nitrogen and oxygen atoms in total. The molecule has 0 atom stereocenters. The lowest BCUT2D eigenvalue weighted by molar-refractivity contribution is -0.137. The van der Waals surface area contributed by atoms with Crippen LogP contribution >= 0.6 is 11.6 Å². The molecule has 0 radical (unpaired) electrons. The normalized spacial score (nSPS) is 15.8. The zero-order chi connectivity index (χ0) is 20.8. The number of piperidine rings is 1. The van der Waals surface area contributed by atoms with Crippen molar-refractivity contribution in [2.24, 2.45) is 0 Å². The zero-order valence-electron chi connectivity index (χ0n) is 15.7. The number of halogens is 4. The fourth-order valence-corrected chi connectivity index (χ4v) is 4.18. The van der Waals surface area contributed by atoms with Gasteiger partial charge in [-0.2, -0.15) is 13.2 Å². The fourth-order valence-electron chi connectivity index (χ4n) is 3.99. The van der Waals surface area contributed by atoms with E-state index in [0.717, 1.165) is 12.1 Å². The second-order valence-corrected chi connectivity index (χ2v) is 7.70. The molecule has 3 aromatic rings. The van der Waals surface area contributed by atoms with Crippen LogP contribution in [0.5, 0.6) is 0 Å². The minimum Gasteiger partial charge on any atom is -0.338 e. The van der Waals surface area contributed by atoms with Gasteiger partial charge in [0.15, 0.2) is 0 Å². The van der Waals surface area contributed by atoms with Gasteiger partial charge < -0.3 is 9.47 Å². The van der Waals surface area contributed by atoms with E-state index in [2.05, 4.69) is 4.98 Å². The minimum absolute atomic E-state index is 0.0621. The van der Waals surface area contributed by atoms with Gasteiger partial charge in [-0.15, -0.1) is 0 Å². The van der Waals surface area contributed by atoms with Crippen molar-refractivity contribution in [3.8, 4) is 0 Å². The molecule has 0 bridgehead atoms. The Labute approximate surface area is 170 Å². The Morgan fingerprint density at radius 1 is 1.14 bits per heavy atom. The molecule has 152 valence electrons. The monoisotopic (exact) mass is 421 g/mol. The molecule has 2 heterocycles. The molecule has 4 rings (SSSR count). The number of hydrogen-bond donors (Lipinski definition) is 0. The molecule has 0 unspecified atom stereocenters. The third-order valence-electron chi connectivity index (χ3n) is 5.38. The van der Waals surface area contributed by atoms with Crippen LogP contribution in [0.3, 0.4) is 0 Å². The Balaban J connectivity index is 1.53. The van der Waals surface area contributed by atoms with E-state index in [0.29, 0.717) is 53.4 Å². The Bertz CT molecular complexity index is 1070. The maximum absolute atomic E-state index is 13.0. The summed E-state index contributed by atoms with van der Waals surface area (Å²) in [5.41, 5.74) is 0.890. The van der Waals surface area contributed by atoms with E-state index in [1.54, 1.807) is 36.1 Å². The van der Waals surface area contributed by atoms with E-state index in [1.807, 2.05) is 4.57 Å². The molecule has 1 aliphatic heterocycles. The highest BCUT2D eigenvalue weighted by molar-refractivity contribution is 6.30. The summed E-state index contributed by atoms with van der Waals surface area (Å²) in [7, 11) is 0. The number of benzene rings is 2. The number of nitrogens with zero attached hydrogens (tertiary/aromatic N) is 3. The number of likely N-dealkylation sites (tertiary alicyclic amines) is 1. The lowest BCUT2D eigenvalue weighted by Gasteiger charge is -2.33. The van der Waals surface area contributed by atoms with Crippen LogP contribution in [-0.2, 0) is 6.18 Å². The van der Waals surface area contributed by atoms with Crippen LogP contribution in [0, 0.1) is 6.92 Å². The Morgan fingerprint density at radius 3 is 2.52 bits per heavy atom. The lowest BCUT2D eigenvalue weighted by Crippen LogP contribution is -2.39. The number of amides is 1. The van der Waals surface area contributed by atoms with Crippen molar-refractivity contribution in [3.05, 3.63) is 64.4 Å². The molecule has 1 aliphatic rings. The molecular formula is C21H19ClF3N3O. The van der Waals surface area contributed by atoms with Gasteiger partial charge in [0, 0.05) is 29.7 Å². The third kappa shape index (κ3) is 3.83. The van der Waals surface area contributed by atoms with E-state index in [9.17, 15) is 18.0 Å². The highest BCUT2D eigenvalue weighted by Gasteiger charge is 2.32. The van der Waals surface area contributed by atoms with Gasteiger partial charge in [0.25, 0.3) is 5.91 Å². The van der Waals surface area contributed by atoms with Crippen molar-refractivity contribution in [1.82, 2.24) is 14.5 Å². The summed E-state index contributed by atoms with van der Waals surface area (Å²) < 4.78 is 40.9. The number of aromatic nitrogens is 2. The molecule has 1 fully saturated rings. The zero-order valence-corrected chi connectivity index (χ0v) is 16.5. The minimum atomic E-state index is -4.39. The quantitative estimate of drug-likeness (QED) is 0.548. The van der Waals surface area contributed by atoms with Crippen LogP contribution in [0.4, 0.5) is 13.2 Å². The molecule has 1 saturated heterocycles. The summed E-state index contributed by atoms with van der Waals surface area (Å²) in [5.74, 6) is 0.618. The van der Waals surface area contributed by atoms with Gasteiger partial charge in [0.2, 0.25) is 0 Å². The number of rotatable bonds is 2. The topological polar surface area (TPSA) is 38.1 Å². The number of carbonyl (C=O) groups is 1. The summed E-state index contributed by atoms with van der Waals surface area (Å²) in [4.78, 5) is 18.8. The van der Waals surface area contributed by atoms with Gasteiger partial charge in [-0.1, -0.05) is 17.7 Å².